The lowest BCUT2D eigenvalue weighted by Crippen LogP contribution is -2.11. The first-order valence-corrected chi connectivity index (χ1v) is 5.39. The number of benzene rings is 1. The molecule has 1 aromatic carbocycles. The maximum Gasteiger partial charge on any atom is 0.0868 e. The molecule has 0 aliphatic carbocycles. The van der Waals surface area contributed by atoms with Gasteiger partial charge >= 0.3 is 0 Å². The van der Waals surface area contributed by atoms with Crippen LogP contribution in [-0.2, 0) is 11.3 Å². The summed E-state index contributed by atoms with van der Waals surface area (Å²) in [4.78, 5) is 0. The minimum atomic E-state index is -0.618. The number of hydrogen-bond donors (Lipinski definition) is 1. The zero-order valence-electron chi connectivity index (χ0n) is 8.09. The molecule has 2 nitrogen and oxygen atoms in total. The number of hydrogen-bond acceptors (Lipinski definition) is 2. The molecule has 2 atom stereocenters. The van der Waals surface area contributed by atoms with Crippen molar-refractivity contribution < 1.29 is 9.32 Å². The van der Waals surface area contributed by atoms with Crippen LogP contribution in [-0.4, -0.2) is 20.8 Å². The number of rotatable bonds is 4. The van der Waals surface area contributed by atoms with E-state index in [1.165, 1.54) is 10.9 Å². The smallest absolute Gasteiger partial charge is 0.0868 e. The Kier molecular flexibility index (Phi) is 4.56. The summed E-state index contributed by atoms with van der Waals surface area (Å²) in [7, 11) is 0. The Hall–Kier alpha value is -0.930. The van der Waals surface area contributed by atoms with Gasteiger partial charge in [-0.15, -0.1) is 0 Å². The fourth-order valence-electron chi connectivity index (χ4n) is 1.40. The molecule has 1 N–H and O–H groups in total. The van der Waals surface area contributed by atoms with Gasteiger partial charge in [0.2, 0.25) is 0 Å². The van der Waals surface area contributed by atoms with E-state index in [0.717, 1.165) is 0 Å². The Bertz CT molecular complexity index is 317. The van der Waals surface area contributed by atoms with E-state index in [-0.39, 0.29) is 5.92 Å². The summed E-state index contributed by atoms with van der Waals surface area (Å²) >= 11 is 0.322. The van der Waals surface area contributed by atoms with E-state index in [4.69, 9.17) is 0 Å². The van der Waals surface area contributed by atoms with Crippen molar-refractivity contribution >= 4 is 16.6 Å². The SMILES string of the molecule is CC(CC(O)C=S=O)c1ccccc1. The maximum absolute atomic E-state index is 10.2. The Morgan fingerprint density at radius 3 is 2.64 bits per heavy atom. The van der Waals surface area contributed by atoms with Crippen LogP contribution in [0.3, 0.4) is 0 Å². The topological polar surface area (TPSA) is 37.3 Å². The molecule has 14 heavy (non-hydrogen) atoms. The van der Waals surface area contributed by atoms with Crippen molar-refractivity contribution in [3.8, 4) is 0 Å². The summed E-state index contributed by atoms with van der Waals surface area (Å²) in [5.41, 5.74) is 1.19. The Labute approximate surface area is 87.7 Å². The van der Waals surface area contributed by atoms with Crippen LogP contribution in [0.4, 0.5) is 0 Å². The molecular weight excluding hydrogens is 196 g/mol. The van der Waals surface area contributed by atoms with Crippen LogP contribution in [0.1, 0.15) is 24.8 Å². The standard InChI is InChI=1S/C11H14O2S/c1-9(7-11(12)8-14-13)10-5-3-2-4-6-10/h2-6,8-9,11-12H,7H2,1H3. The normalized spacial score (nSPS) is 14.4. The van der Waals surface area contributed by atoms with Crippen LogP contribution in [0.2, 0.25) is 0 Å². The molecule has 3 heteroatoms. The van der Waals surface area contributed by atoms with Gasteiger partial charge in [-0.2, -0.15) is 0 Å². The summed E-state index contributed by atoms with van der Waals surface area (Å²) < 4.78 is 10.2. The molecule has 0 heterocycles. The van der Waals surface area contributed by atoms with Crippen molar-refractivity contribution in [1.82, 2.24) is 0 Å². The van der Waals surface area contributed by atoms with Gasteiger partial charge < -0.3 is 5.11 Å². The Morgan fingerprint density at radius 1 is 1.43 bits per heavy atom. The lowest BCUT2D eigenvalue weighted by molar-refractivity contribution is 0.229. The van der Waals surface area contributed by atoms with Crippen molar-refractivity contribution in [2.45, 2.75) is 25.4 Å². The molecule has 0 aliphatic heterocycles. The van der Waals surface area contributed by atoms with Gasteiger partial charge in [-0.1, -0.05) is 37.3 Å². The average molecular weight is 210 g/mol. The van der Waals surface area contributed by atoms with Gasteiger partial charge in [-0.25, -0.2) is 4.21 Å². The lowest BCUT2D eigenvalue weighted by Gasteiger charge is -2.13. The van der Waals surface area contributed by atoms with Crippen LogP contribution in [0.25, 0.3) is 0 Å². The van der Waals surface area contributed by atoms with E-state index in [0.29, 0.717) is 17.7 Å². The van der Waals surface area contributed by atoms with Crippen LogP contribution in [0.15, 0.2) is 30.3 Å². The molecule has 0 radical (unpaired) electrons. The highest BCUT2D eigenvalue weighted by molar-refractivity contribution is 7.64. The van der Waals surface area contributed by atoms with Crippen LogP contribution in [0.5, 0.6) is 0 Å². The average Bonchev–Trinajstić information content (AvgIpc) is 2.19. The quantitative estimate of drug-likeness (QED) is 0.766. The van der Waals surface area contributed by atoms with E-state index in [1.54, 1.807) is 0 Å². The van der Waals surface area contributed by atoms with Gasteiger partial charge in [-0.05, 0) is 17.9 Å². The third-order valence-corrected chi connectivity index (χ3v) is 2.60. The zero-order valence-corrected chi connectivity index (χ0v) is 8.91. The van der Waals surface area contributed by atoms with Crippen LogP contribution >= 0.6 is 0 Å². The second-order valence-corrected chi connectivity index (χ2v) is 3.81. The monoisotopic (exact) mass is 210 g/mol. The fraction of sp³-hybridized carbons (Fsp3) is 0.364. The van der Waals surface area contributed by atoms with Gasteiger partial charge in [0.15, 0.2) is 0 Å². The molecule has 76 valence electrons. The minimum Gasteiger partial charge on any atom is -0.388 e. The summed E-state index contributed by atoms with van der Waals surface area (Å²) in [5, 5.41) is 10.7. The van der Waals surface area contributed by atoms with Crippen LogP contribution < -0.4 is 0 Å². The predicted molar refractivity (Wildman–Crippen MR) is 59.7 cm³/mol. The van der Waals surface area contributed by atoms with E-state index in [2.05, 4.69) is 0 Å². The van der Waals surface area contributed by atoms with E-state index < -0.39 is 6.10 Å². The molecule has 0 saturated carbocycles. The minimum absolute atomic E-state index is 0.273. The third-order valence-electron chi connectivity index (χ3n) is 2.18. The first-order chi connectivity index (χ1) is 6.74. The summed E-state index contributed by atoms with van der Waals surface area (Å²) in [6.45, 7) is 2.04. The van der Waals surface area contributed by atoms with Crippen molar-refractivity contribution in [3.05, 3.63) is 35.9 Å². The lowest BCUT2D eigenvalue weighted by atomic mass is 9.96. The van der Waals surface area contributed by atoms with Crippen molar-refractivity contribution in [3.63, 3.8) is 0 Å². The van der Waals surface area contributed by atoms with E-state index in [1.807, 2.05) is 37.3 Å². The summed E-state index contributed by atoms with van der Waals surface area (Å²) in [6.07, 6.45) is -0.0214. The fourth-order valence-corrected chi connectivity index (χ4v) is 1.64. The molecule has 0 saturated heterocycles. The van der Waals surface area contributed by atoms with Gasteiger partial charge in [0.05, 0.1) is 17.4 Å². The predicted octanol–water partition coefficient (Wildman–Crippen LogP) is 1.56. The molecule has 0 spiro atoms. The second-order valence-electron chi connectivity index (χ2n) is 3.35. The van der Waals surface area contributed by atoms with Gasteiger partial charge in [0.1, 0.15) is 0 Å². The molecule has 1 rings (SSSR count). The Balaban J connectivity index is 2.58. The highest BCUT2D eigenvalue weighted by atomic mass is 32.1. The molecule has 0 aliphatic rings. The first-order valence-electron chi connectivity index (χ1n) is 4.59. The third kappa shape index (κ3) is 3.44. The zero-order chi connectivity index (χ0) is 10.4. The molecule has 0 amide bonds. The first kappa shape index (κ1) is 11.1. The molecule has 0 fully saturated rings. The summed E-state index contributed by atoms with van der Waals surface area (Å²) in [5.74, 6) is 0.273. The van der Waals surface area contributed by atoms with Crippen molar-refractivity contribution in [1.29, 1.82) is 0 Å². The van der Waals surface area contributed by atoms with Gasteiger partial charge in [0, 0.05) is 5.37 Å². The molecule has 0 aromatic heterocycles. The van der Waals surface area contributed by atoms with Gasteiger partial charge in [-0.3, -0.25) is 0 Å². The van der Waals surface area contributed by atoms with Gasteiger partial charge in [0.25, 0.3) is 0 Å². The van der Waals surface area contributed by atoms with Crippen LogP contribution in [0, 0.1) is 0 Å². The van der Waals surface area contributed by atoms with Crippen molar-refractivity contribution in [2.75, 3.05) is 0 Å². The Morgan fingerprint density at radius 2 is 2.07 bits per heavy atom. The second kappa shape index (κ2) is 5.73. The summed E-state index contributed by atoms with van der Waals surface area (Å²) in [6, 6.07) is 9.98. The largest absolute Gasteiger partial charge is 0.388 e. The van der Waals surface area contributed by atoms with E-state index in [9.17, 15) is 9.32 Å². The van der Waals surface area contributed by atoms with Crippen molar-refractivity contribution in [2.24, 2.45) is 0 Å². The molecule has 0 bridgehead atoms. The number of aliphatic hydroxyl groups is 1. The molecule has 1 aromatic rings. The maximum atomic E-state index is 10.2. The number of aliphatic hydroxyl groups excluding tert-OH is 1. The molecule has 2 unspecified atom stereocenters. The molecular formula is C11H14O2S. The highest BCUT2D eigenvalue weighted by Gasteiger charge is 2.09. The highest BCUT2D eigenvalue weighted by Crippen LogP contribution is 2.19. The van der Waals surface area contributed by atoms with E-state index >= 15 is 0 Å².